The van der Waals surface area contributed by atoms with E-state index in [1.807, 2.05) is 47.4 Å². The molecule has 39 heavy (non-hydrogen) atoms. The van der Waals surface area contributed by atoms with E-state index in [1.165, 1.54) is 0 Å². The highest BCUT2D eigenvalue weighted by Gasteiger charge is 2.55. The van der Waals surface area contributed by atoms with Gasteiger partial charge in [-0.1, -0.05) is 85.0 Å². The zero-order valence-electron chi connectivity index (χ0n) is 22.2. The number of ether oxygens (including phenoxy) is 1. The first-order valence-electron chi connectivity index (χ1n) is 13.9. The molecule has 1 fully saturated rings. The molecule has 0 radical (unpaired) electrons. The number of carbonyl (C=O) groups excluding carboxylic acids is 1. The van der Waals surface area contributed by atoms with Crippen LogP contribution in [-0.4, -0.2) is 35.0 Å². The summed E-state index contributed by atoms with van der Waals surface area (Å²) in [6.45, 7) is 1.50. The van der Waals surface area contributed by atoms with Crippen LogP contribution in [0.15, 0.2) is 96.0 Å². The standard InChI is InChI=1S/C33H36N4O2/c34-32(35)36-20-23-15-17-24(18-16-23)21-37(31(38)27-12-7-9-25-8-1-2-10-26(25)27)22-33-19-6-5-13-29(33)28-11-3-4-14-30(28)39-33/h1-10,12,15-18,28-30H,11,13-14,19-22H2,(H4,34,35,36). The van der Waals surface area contributed by atoms with Gasteiger partial charge in [-0.3, -0.25) is 4.79 Å². The number of hydrogen-bond donors (Lipinski definition) is 2. The third-order valence-corrected chi connectivity index (χ3v) is 8.63. The lowest BCUT2D eigenvalue weighted by molar-refractivity contribution is -0.0741. The van der Waals surface area contributed by atoms with E-state index in [2.05, 4.69) is 53.6 Å². The van der Waals surface area contributed by atoms with Crippen LogP contribution in [0.2, 0.25) is 0 Å². The number of aliphatic imine (C=N–C) groups is 1. The van der Waals surface area contributed by atoms with E-state index in [4.69, 9.17) is 16.2 Å². The number of nitrogens with zero attached hydrogens (tertiary/aromatic N) is 2. The summed E-state index contributed by atoms with van der Waals surface area (Å²) in [5.41, 5.74) is 13.4. The number of amides is 1. The molecule has 1 amide bonds. The molecule has 6 rings (SSSR count). The van der Waals surface area contributed by atoms with Gasteiger partial charge >= 0.3 is 0 Å². The second-order valence-electron chi connectivity index (χ2n) is 11.1. The quantitative estimate of drug-likeness (QED) is 0.250. The smallest absolute Gasteiger partial charge is 0.254 e. The van der Waals surface area contributed by atoms with E-state index in [0.717, 1.165) is 53.1 Å². The van der Waals surface area contributed by atoms with Gasteiger partial charge in [0.1, 0.15) is 0 Å². The maximum absolute atomic E-state index is 14.4. The van der Waals surface area contributed by atoms with Crippen LogP contribution in [0.5, 0.6) is 0 Å². The highest BCUT2D eigenvalue weighted by molar-refractivity contribution is 6.07. The molecule has 6 heteroatoms. The van der Waals surface area contributed by atoms with Gasteiger partial charge in [0.25, 0.3) is 5.91 Å². The molecule has 4 atom stereocenters. The number of nitrogens with two attached hydrogens (primary N) is 2. The Balaban J connectivity index is 1.34. The van der Waals surface area contributed by atoms with Crippen LogP contribution in [0.25, 0.3) is 10.8 Å². The topological polar surface area (TPSA) is 93.9 Å². The molecule has 0 bridgehead atoms. The molecular weight excluding hydrogens is 484 g/mol. The van der Waals surface area contributed by atoms with Crippen LogP contribution in [0.4, 0.5) is 0 Å². The summed E-state index contributed by atoms with van der Waals surface area (Å²) >= 11 is 0. The average Bonchev–Trinajstić information content (AvgIpc) is 3.30. The zero-order valence-corrected chi connectivity index (χ0v) is 22.2. The van der Waals surface area contributed by atoms with Gasteiger partial charge in [-0.25, -0.2) is 4.99 Å². The molecule has 4 unspecified atom stereocenters. The molecule has 1 aliphatic heterocycles. The van der Waals surface area contributed by atoms with Gasteiger partial charge in [-0.15, -0.1) is 0 Å². The molecule has 0 aromatic heterocycles. The van der Waals surface area contributed by atoms with Crippen molar-refractivity contribution < 1.29 is 9.53 Å². The van der Waals surface area contributed by atoms with Crippen LogP contribution < -0.4 is 11.5 Å². The minimum absolute atomic E-state index is 0.0376. The Bertz CT molecular complexity index is 1430. The monoisotopic (exact) mass is 520 g/mol. The minimum Gasteiger partial charge on any atom is -0.370 e. The van der Waals surface area contributed by atoms with Crippen molar-refractivity contribution >= 4 is 22.6 Å². The SMILES string of the molecule is NC(N)=NCc1ccc(CN(CC23CC=CCC2C2CC=CCC2O3)C(=O)c2cccc3ccccc23)cc1. The van der Waals surface area contributed by atoms with E-state index in [1.54, 1.807) is 0 Å². The molecule has 0 spiro atoms. The Morgan fingerprint density at radius 3 is 2.49 bits per heavy atom. The fraction of sp³-hybridized carbons (Fsp3) is 0.333. The molecule has 2 aliphatic carbocycles. The number of hydrogen-bond acceptors (Lipinski definition) is 3. The lowest BCUT2D eigenvalue weighted by Crippen LogP contribution is -2.50. The van der Waals surface area contributed by atoms with E-state index < -0.39 is 0 Å². The summed E-state index contributed by atoms with van der Waals surface area (Å²) in [5.74, 6) is 1.02. The molecule has 1 saturated heterocycles. The van der Waals surface area contributed by atoms with E-state index in [-0.39, 0.29) is 23.6 Å². The molecule has 0 saturated carbocycles. The number of allylic oxidation sites excluding steroid dienone is 2. The summed E-state index contributed by atoms with van der Waals surface area (Å²) in [5, 5.41) is 2.05. The van der Waals surface area contributed by atoms with Gasteiger partial charge in [-0.2, -0.15) is 0 Å². The predicted molar refractivity (Wildman–Crippen MR) is 156 cm³/mol. The van der Waals surface area contributed by atoms with Gasteiger partial charge in [0.05, 0.1) is 24.8 Å². The van der Waals surface area contributed by atoms with E-state index >= 15 is 0 Å². The van der Waals surface area contributed by atoms with Crippen molar-refractivity contribution in [1.82, 2.24) is 4.90 Å². The van der Waals surface area contributed by atoms with Crippen LogP contribution in [-0.2, 0) is 17.8 Å². The maximum Gasteiger partial charge on any atom is 0.254 e. The van der Waals surface area contributed by atoms with Crippen molar-refractivity contribution in [2.75, 3.05) is 6.54 Å². The molecule has 3 aromatic carbocycles. The Morgan fingerprint density at radius 2 is 1.64 bits per heavy atom. The van der Waals surface area contributed by atoms with E-state index in [9.17, 15) is 4.79 Å². The van der Waals surface area contributed by atoms with Crippen molar-refractivity contribution in [2.45, 2.75) is 50.5 Å². The number of fused-ring (bicyclic) bond motifs is 4. The van der Waals surface area contributed by atoms with Crippen molar-refractivity contribution in [3.63, 3.8) is 0 Å². The Hall–Kier alpha value is -3.90. The van der Waals surface area contributed by atoms with Gasteiger partial charge in [-0.05, 0) is 65.5 Å². The number of benzene rings is 3. The fourth-order valence-electron chi connectivity index (χ4n) is 6.74. The van der Waals surface area contributed by atoms with Crippen molar-refractivity contribution in [3.8, 4) is 0 Å². The van der Waals surface area contributed by atoms with Crippen molar-refractivity contribution in [2.24, 2.45) is 28.3 Å². The highest BCUT2D eigenvalue weighted by atomic mass is 16.5. The summed E-state index contributed by atoms with van der Waals surface area (Å²) < 4.78 is 6.94. The van der Waals surface area contributed by atoms with Crippen LogP contribution in [0.1, 0.15) is 47.2 Å². The summed E-state index contributed by atoms with van der Waals surface area (Å²) in [7, 11) is 0. The second-order valence-corrected chi connectivity index (χ2v) is 11.1. The predicted octanol–water partition coefficient (Wildman–Crippen LogP) is 5.33. The van der Waals surface area contributed by atoms with Crippen molar-refractivity contribution in [1.29, 1.82) is 0 Å². The molecule has 3 aliphatic rings. The highest BCUT2D eigenvalue weighted by Crippen LogP contribution is 2.51. The largest absolute Gasteiger partial charge is 0.370 e. The Morgan fingerprint density at radius 1 is 0.897 bits per heavy atom. The van der Waals surface area contributed by atoms with Crippen molar-refractivity contribution in [3.05, 3.63) is 108 Å². The van der Waals surface area contributed by atoms with Crippen LogP contribution in [0, 0.1) is 11.8 Å². The summed E-state index contributed by atoms with van der Waals surface area (Å²) in [6.07, 6.45) is 13.2. The third-order valence-electron chi connectivity index (χ3n) is 8.63. The minimum atomic E-state index is -0.371. The molecule has 4 N–H and O–H groups in total. The van der Waals surface area contributed by atoms with Crippen LogP contribution in [0.3, 0.4) is 0 Å². The summed E-state index contributed by atoms with van der Waals surface area (Å²) in [4.78, 5) is 20.5. The van der Waals surface area contributed by atoms with Gasteiger partial charge < -0.3 is 21.1 Å². The van der Waals surface area contributed by atoms with Crippen LogP contribution >= 0.6 is 0 Å². The first-order chi connectivity index (χ1) is 19.0. The summed E-state index contributed by atoms with van der Waals surface area (Å²) in [6, 6.07) is 22.3. The molecule has 3 aromatic rings. The number of guanidine groups is 1. The zero-order chi connectivity index (χ0) is 26.8. The Kier molecular flexibility index (Phi) is 6.96. The van der Waals surface area contributed by atoms with Gasteiger partial charge in [0.2, 0.25) is 0 Å². The number of carbonyl (C=O) groups is 1. The van der Waals surface area contributed by atoms with Gasteiger partial charge in [0, 0.05) is 12.1 Å². The average molecular weight is 521 g/mol. The third kappa shape index (κ3) is 5.09. The first-order valence-corrected chi connectivity index (χ1v) is 13.9. The fourth-order valence-corrected chi connectivity index (χ4v) is 6.74. The lowest BCUT2D eigenvalue weighted by Gasteiger charge is -2.41. The van der Waals surface area contributed by atoms with E-state index in [0.29, 0.717) is 31.5 Å². The first kappa shape index (κ1) is 25.4. The number of rotatable bonds is 7. The Labute approximate surface area is 230 Å². The maximum atomic E-state index is 14.4. The normalized spacial score (nSPS) is 25.2. The lowest BCUT2D eigenvalue weighted by atomic mass is 9.70. The second kappa shape index (κ2) is 10.7. The van der Waals surface area contributed by atoms with Gasteiger partial charge in [0.15, 0.2) is 5.96 Å². The molecule has 200 valence electrons. The molecule has 1 heterocycles. The molecule has 6 nitrogen and oxygen atoms in total. The molecular formula is C33H36N4O2.